The Labute approximate surface area is 158 Å². The van der Waals surface area contributed by atoms with Crippen molar-refractivity contribution >= 4 is 17.6 Å². The number of nitrogens with zero attached hydrogens (tertiary/aromatic N) is 2. The molecule has 1 aromatic rings. The summed E-state index contributed by atoms with van der Waals surface area (Å²) in [6.45, 7) is 4.13. The van der Waals surface area contributed by atoms with Crippen molar-refractivity contribution in [2.24, 2.45) is 5.92 Å². The number of nitriles is 1. The first-order valence-electron chi connectivity index (χ1n) is 9.07. The first-order chi connectivity index (χ1) is 13.0. The summed E-state index contributed by atoms with van der Waals surface area (Å²) in [6.07, 6.45) is 2.26. The van der Waals surface area contributed by atoms with Crippen molar-refractivity contribution in [1.82, 2.24) is 4.90 Å². The Balaban J connectivity index is 2.05. The molecule has 0 amide bonds. The minimum absolute atomic E-state index is 0.151. The number of ether oxygens (including phenoxy) is 2. The molecule has 2 aliphatic heterocycles. The van der Waals surface area contributed by atoms with Crippen molar-refractivity contribution < 1.29 is 19.1 Å². The quantitative estimate of drug-likeness (QED) is 0.816. The summed E-state index contributed by atoms with van der Waals surface area (Å²) >= 11 is 0. The van der Waals surface area contributed by atoms with Crippen LogP contribution in [0.25, 0.3) is 0 Å². The number of fused-ring (bicyclic) bond motifs is 3. The van der Waals surface area contributed by atoms with Crippen LogP contribution in [0.5, 0.6) is 0 Å². The van der Waals surface area contributed by atoms with Gasteiger partial charge >= 0.3 is 11.9 Å². The lowest BCUT2D eigenvalue weighted by Gasteiger charge is -2.45. The van der Waals surface area contributed by atoms with E-state index in [9.17, 15) is 14.9 Å². The fourth-order valence-electron chi connectivity index (χ4n) is 3.89. The maximum Gasteiger partial charge on any atom is 0.338 e. The second-order valence-corrected chi connectivity index (χ2v) is 6.64. The molecule has 3 atom stereocenters. The number of carbonyl (C=O) groups is 2. The largest absolute Gasteiger partial charge is 0.464 e. The molecule has 2 aliphatic rings. The molecular weight excluding hydrogens is 346 g/mol. The summed E-state index contributed by atoms with van der Waals surface area (Å²) in [7, 11) is 1.88. The molecule has 0 bridgehead atoms. The van der Waals surface area contributed by atoms with Gasteiger partial charge in [-0.25, -0.2) is 9.59 Å². The van der Waals surface area contributed by atoms with Crippen LogP contribution in [0.2, 0.25) is 0 Å². The summed E-state index contributed by atoms with van der Waals surface area (Å²) in [5.41, 5.74) is 2.76. The van der Waals surface area contributed by atoms with Crippen LogP contribution >= 0.6 is 0 Å². The minimum atomic E-state index is -0.560. The van der Waals surface area contributed by atoms with E-state index in [-0.39, 0.29) is 23.9 Å². The van der Waals surface area contributed by atoms with Crippen LogP contribution in [-0.4, -0.2) is 43.1 Å². The van der Waals surface area contributed by atoms with Gasteiger partial charge in [-0.15, -0.1) is 0 Å². The third kappa shape index (κ3) is 3.47. The lowest BCUT2D eigenvalue weighted by molar-refractivity contribution is -0.146. The molecule has 3 rings (SSSR count). The summed E-state index contributed by atoms with van der Waals surface area (Å²) in [6, 6.07) is 6.77. The van der Waals surface area contributed by atoms with Crippen molar-refractivity contribution in [1.29, 1.82) is 5.26 Å². The van der Waals surface area contributed by atoms with Gasteiger partial charge < -0.3 is 19.7 Å². The van der Waals surface area contributed by atoms with Crippen LogP contribution in [-0.2, 0) is 14.3 Å². The highest BCUT2D eigenvalue weighted by Crippen LogP contribution is 2.46. The topological polar surface area (TPSA) is 91.7 Å². The molecule has 0 unspecified atom stereocenters. The number of rotatable bonds is 4. The molecule has 0 radical (unpaired) electrons. The van der Waals surface area contributed by atoms with Gasteiger partial charge in [-0.3, -0.25) is 0 Å². The highest BCUT2D eigenvalue weighted by Gasteiger charge is 2.45. The lowest BCUT2D eigenvalue weighted by atomic mass is 9.76. The predicted octanol–water partition coefficient (Wildman–Crippen LogP) is 2.62. The van der Waals surface area contributed by atoms with E-state index in [1.165, 1.54) is 0 Å². The molecule has 0 fully saturated rings. The number of benzene rings is 1. The van der Waals surface area contributed by atoms with Gasteiger partial charge in [0.25, 0.3) is 0 Å². The molecule has 1 aromatic carbocycles. The van der Waals surface area contributed by atoms with E-state index in [4.69, 9.17) is 9.47 Å². The first-order valence-corrected chi connectivity index (χ1v) is 9.07. The van der Waals surface area contributed by atoms with Crippen LogP contribution < -0.4 is 5.32 Å². The first kappa shape index (κ1) is 18.8. The Bertz CT molecular complexity index is 827. The zero-order valence-corrected chi connectivity index (χ0v) is 15.7. The van der Waals surface area contributed by atoms with E-state index in [2.05, 4.69) is 11.4 Å². The zero-order valence-electron chi connectivity index (χ0n) is 15.7. The zero-order chi connectivity index (χ0) is 19.6. The molecule has 7 heteroatoms. The molecule has 1 N–H and O–H groups in total. The fourth-order valence-corrected chi connectivity index (χ4v) is 3.89. The third-order valence-electron chi connectivity index (χ3n) is 4.96. The molecule has 0 aliphatic carbocycles. The van der Waals surface area contributed by atoms with Gasteiger partial charge in [-0.1, -0.05) is 0 Å². The fraction of sp³-hybridized carbons (Fsp3) is 0.450. The Morgan fingerprint density at radius 1 is 1.30 bits per heavy atom. The van der Waals surface area contributed by atoms with Gasteiger partial charge in [0.1, 0.15) is 6.04 Å². The van der Waals surface area contributed by atoms with Crippen molar-refractivity contribution in [2.45, 2.75) is 32.4 Å². The van der Waals surface area contributed by atoms with Crippen LogP contribution in [0.3, 0.4) is 0 Å². The Morgan fingerprint density at radius 2 is 2.04 bits per heavy atom. The molecule has 0 spiro atoms. The molecule has 2 heterocycles. The average molecular weight is 369 g/mol. The molecule has 142 valence electrons. The van der Waals surface area contributed by atoms with E-state index >= 15 is 0 Å². The molecule has 27 heavy (non-hydrogen) atoms. The van der Waals surface area contributed by atoms with E-state index in [1.807, 2.05) is 11.9 Å². The third-order valence-corrected chi connectivity index (χ3v) is 4.96. The number of hydrogen-bond donors (Lipinski definition) is 1. The van der Waals surface area contributed by atoms with Crippen molar-refractivity contribution in [3.8, 4) is 6.07 Å². The lowest BCUT2D eigenvalue weighted by Crippen LogP contribution is -2.49. The highest BCUT2D eigenvalue weighted by molar-refractivity contribution is 5.91. The van der Waals surface area contributed by atoms with Crippen molar-refractivity contribution in [3.05, 3.63) is 41.1 Å². The summed E-state index contributed by atoms with van der Waals surface area (Å²) in [5.74, 6) is -0.894. The second kappa shape index (κ2) is 7.70. The van der Waals surface area contributed by atoms with Gasteiger partial charge in [0.05, 0.1) is 30.9 Å². The van der Waals surface area contributed by atoms with Crippen molar-refractivity contribution in [3.63, 3.8) is 0 Å². The number of anilines is 1. The van der Waals surface area contributed by atoms with Gasteiger partial charge in [0.2, 0.25) is 0 Å². The maximum atomic E-state index is 12.5. The van der Waals surface area contributed by atoms with Gasteiger partial charge in [0.15, 0.2) is 0 Å². The second-order valence-electron chi connectivity index (χ2n) is 6.64. The maximum absolute atomic E-state index is 12.5. The summed E-state index contributed by atoms with van der Waals surface area (Å²) < 4.78 is 10.4. The number of nitrogens with one attached hydrogen (secondary N) is 1. The van der Waals surface area contributed by atoms with Crippen molar-refractivity contribution in [2.75, 3.05) is 25.6 Å². The van der Waals surface area contributed by atoms with Crippen LogP contribution in [0, 0.1) is 17.2 Å². The van der Waals surface area contributed by atoms with E-state index in [1.54, 1.807) is 38.2 Å². The smallest absolute Gasteiger partial charge is 0.338 e. The number of esters is 2. The Morgan fingerprint density at radius 3 is 2.70 bits per heavy atom. The number of carbonyl (C=O) groups excluding carboxylic acids is 2. The SMILES string of the molecule is CCOC(=O)c1ccc2c(c1)[C@@H]1[C@@H](CC(C#N)=CN1C)[C@@H](C(=O)OCC)N2. The number of hydrogen-bond acceptors (Lipinski definition) is 7. The van der Waals surface area contributed by atoms with E-state index < -0.39 is 6.04 Å². The highest BCUT2D eigenvalue weighted by atomic mass is 16.5. The predicted molar refractivity (Wildman–Crippen MR) is 98.7 cm³/mol. The molecular formula is C20H23N3O4. The van der Waals surface area contributed by atoms with Crippen LogP contribution in [0.4, 0.5) is 5.69 Å². The van der Waals surface area contributed by atoms with E-state index in [0.717, 1.165) is 11.3 Å². The van der Waals surface area contributed by atoms with Gasteiger partial charge in [0, 0.05) is 30.4 Å². The van der Waals surface area contributed by atoms with Gasteiger partial charge in [-0.05, 0) is 44.0 Å². The molecule has 0 saturated carbocycles. The minimum Gasteiger partial charge on any atom is -0.464 e. The summed E-state index contributed by atoms with van der Waals surface area (Å²) in [4.78, 5) is 26.6. The Kier molecular flexibility index (Phi) is 5.36. The normalized spacial score (nSPS) is 23.1. The molecule has 0 saturated heterocycles. The standard InChI is InChI=1S/C20H23N3O4/c1-4-26-19(24)13-6-7-16-14(9-13)18-15(8-12(10-21)11-23(18)3)17(22-16)20(25)27-5-2/h6-7,9,11,15,17-18,22H,4-5,8H2,1-3H3/t15-,17-,18+/m0/s1. The number of allylic oxidation sites excluding steroid dienone is 1. The van der Waals surface area contributed by atoms with Gasteiger partial charge in [-0.2, -0.15) is 5.26 Å². The Hall–Kier alpha value is -3.01. The monoisotopic (exact) mass is 369 g/mol. The van der Waals surface area contributed by atoms with Crippen LogP contribution in [0.1, 0.15) is 42.2 Å². The summed E-state index contributed by atoms with van der Waals surface area (Å²) in [5, 5.41) is 12.6. The van der Waals surface area contributed by atoms with Crippen LogP contribution in [0.15, 0.2) is 30.0 Å². The molecule has 7 nitrogen and oxygen atoms in total. The van der Waals surface area contributed by atoms with E-state index in [0.29, 0.717) is 30.8 Å². The average Bonchev–Trinajstić information content (AvgIpc) is 2.66. The molecule has 0 aromatic heterocycles.